The zero-order valence-corrected chi connectivity index (χ0v) is 12.9. The van der Waals surface area contributed by atoms with Crippen LogP contribution in [0.25, 0.3) is 0 Å². The molecule has 0 heterocycles. The second-order valence-electron chi connectivity index (χ2n) is 4.76. The van der Waals surface area contributed by atoms with E-state index in [1.54, 1.807) is 18.9 Å². The van der Waals surface area contributed by atoms with Crippen molar-refractivity contribution >= 4 is 28.6 Å². The SMILES string of the molecule is CCc1ccc(C(=O)Cl)c(C2CC2)c1SCCOC. The van der Waals surface area contributed by atoms with Crippen molar-refractivity contribution in [3.63, 3.8) is 0 Å². The van der Waals surface area contributed by atoms with Gasteiger partial charge in [-0.3, -0.25) is 4.79 Å². The van der Waals surface area contributed by atoms with Gasteiger partial charge in [0.05, 0.1) is 6.61 Å². The predicted octanol–water partition coefficient (Wildman–Crippen LogP) is 4.24. The zero-order valence-electron chi connectivity index (χ0n) is 11.4. The fourth-order valence-electron chi connectivity index (χ4n) is 2.27. The van der Waals surface area contributed by atoms with Crippen LogP contribution >= 0.6 is 23.4 Å². The highest BCUT2D eigenvalue weighted by atomic mass is 35.5. The first-order valence-electron chi connectivity index (χ1n) is 6.66. The molecule has 1 aliphatic rings. The van der Waals surface area contributed by atoms with Crippen LogP contribution < -0.4 is 0 Å². The van der Waals surface area contributed by atoms with Gasteiger partial charge in [0.2, 0.25) is 0 Å². The number of hydrogen-bond acceptors (Lipinski definition) is 3. The van der Waals surface area contributed by atoms with E-state index in [0.717, 1.165) is 18.8 Å². The number of thioether (sulfide) groups is 1. The molecule has 19 heavy (non-hydrogen) atoms. The molecule has 0 aromatic heterocycles. The van der Waals surface area contributed by atoms with Crippen LogP contribution in [0, 0.1) is 0 Å². The molecular weight excluding hydrogens is 280 g/mol. The molecule has 2 nitrogen and oxygen atoms in total. The summed E-state index contributed by atoms with van der Waals surface area (Å²) in [5, 5.41) is -0.335. The molecule has 2 rings (SSSR count). The second-order valence-corrected chi connectivity index (χ2v) is 6.21. The standard InChI is InChI=1S/C15H19ClO2S/c1-3-10-6-7-12(15(16)17)13(11-4-5-11)14(10)19-9-8-18-2/h6-7,11H,3-5,8-9H2,1-2H3. The van der Waals surface area contributed by atoms with E-state index in [1.165, 1.54) is 28.9 Å². The molecule has 0 saturated heterocycles. The lowest BCUT2D eigenvalue weighted by Gasteiger charge is -2.16. The van der Waals surface area contributed by atoms with Gasteiger partial charge in [0.1, 0.15) is 0 Å². The summed E-state index contributed by atoms with van der Waals surface area (Å²) in [6.45, 7) is 2.87. The minimum Gasteiger partial charge on any atom is -0.384 e. The van der Waals surface area contributed by atoms with Crippen molar-refractivity contribution in [2.45, 2.75) is 37.0 Å². The van der Waals surface area contributed by atoms with Crippen LogP contribution in [0.1, 0.15) is 47.2 Å². The molecule has 0 amide bonds. The first-order chi connectivity index (χ1) is 9.19. The molecule has 0 unspecified atom stereocenters. The molecule has 1 aromatic carbocycles. The maximum absolute atomic E-state index is 11.6. The van der Waals surface area contributed by atoms with E-state index in [4.69, 9.17) is 16.3 Å². The van der Waals surface area contributed by atoms with Gasteiger partial charge in [-0.1, -0.05) is 13.0 Å². The van der Waals surface area contributed by atoms with Gasteiger partial charge in [0.25, 0.3) is 5.24 Å². The summed E-state index contributed by atoms with van der Waals surface area (Å²) in [6, 6.07) is 3.93. The lowest BCUT2D eigenvalue weighted by Crippen LogP contribution is -2.03. The Labute approximate surface area is 123 Å². The van der Waals surface area contributed by atoms with Gasteiger partial charge in [-0.05, 0) is 54.0 Å². The van der Waals surface area contributed by atoms with Crippen molar-refractivity contribution in [3.8, 4) is 0 Å². The highest BCUT2D eigenvalue weighted by Gasteiger charge is 2.31. The Morgan fingerprint density at radius 2 is 2.21 bits per heavy atom. The van der Waals surface area contributed by atoms with Gasteiger partial charge in [0.15, 0.2) is 0 Å². The van der Waals surface area contributed by atoms with Crippen LogP contribution in [0.2, 0.25) is 0 Å². The zero-order chi connectivity index (χ0) is 13.8. The number of ether oxygens (including phenoxy) is 1. The number of methoxy groups -OCH3 is 1. The quantitative estimate of drug-likeness (QED) is 0.428. The van der Waals surface area contributed by atoms with Crippen molar-refractivity contribution in [2.24, 2.45) is 0 Å². The Hall–Kier alpha value is -0.510. The number of aryl methyl sites for hydroxylation is 1. The summed E-state index contributed by atoms with van der Waals surface area (Å²) in [6.07, 6.45) is 3.32. The lowest BCUT2D eigenvalue weighted by atomic mass is 9.99. The average Bonchev–Trinajstić information content (AvgIpc) is 3.22. The summed E-state index contributed by atoms with van der Waals surface area (Å²) in [4.78, 5) is 12.9. The fraction of sp³-hybridized carbons (Fsp3) is 0.533. The van der Waals surface area contributed by atoms with Gasteiger partial charge in [-0.2, -0.15) is 0 Å². The van der Waals surface area contributed by atoms with E-state index in [1.807, 2.05) is 12.1 Å². The Morgan fingerprint density at radius 1 is 1.47 bits per heavy atom. The first-order valence-corrected chi connectivity index (χ1v) is 8.02. The maximum Gasteiger partial charge on any atom is 0.252 e. The highest BCUT2D eigenvalue weighted by Crippen LogP contribution is 2.47. The van der Waals surface area contributed by atoms with E-state index in [0.29, 0.717) is 11.5 Å². The summed E-state index contributed by atoms with van der Waals surface area (Å²) in [5.74, 6) is 1.43. The first kappa shape index (κ1) is 14.9. The van der Waals surface area contributed by atoms with Crippen LogP contribution in [0.3, 0.4) is 0 Å². The molecule has 0 bridgehead atoms. The van der Waals surface area contributed by atoms with Crippen molar-refractivity contribution in [3.05, 3.63) is 28.8 Å². The van der Waals surface area contributed by atoms with Gasteiger partial charge in [0, 0.05) is 23.3 Å². The minimum atomic E-state index is -0.335. The maximum atomic E-state index is 11.6. The van der Waals surface area contributed by atoms with Crippen LogP contribution in [0.15, 0.2) is 17.0 Å². The molecule has 1 aliphatic carbocycles. The summed E-state index contributed by atoms with van der Waals surface area (Å²) < 4.78 is 5.12. The number of benzene rings is 1. The van der Waals surface area contributed by atoms with E-state index in [2.05, 4.69) is 6.92 Å². The van der Waals surface area contributed by atoms with Crippen molar-refractivity contribution in [1.29, 1.82) is 0 Å². The summed E-state index contributed by atoms with van der Waals surface area (Å²) in [5.41, 5.74) is 3.19. The minimum absolute atomic E-state index is 0.335. The fourth-order valence-corrected chi connectivity index (χ4v) is 3.72. The van der Waals surface area contributed by atoms with Crippen LogP contribution in [0.5, 0.6) is 0 Å². The van der Waals surface area contributed by atoms with Crippen LogP contribution in [-0.2, 0) is 11.2 Å². The van der Waals surface area contributed by atoms with Crippen molar-refractivity contribution in [1.82, 2.24) is 0 Å². The van der Waals surface area contributed by atoms with Gasteiger partial charge >= 0.3 is 0 Å². The third-order valence-corrected chi connectivity index (χ3v) is 4.73. The molecule has 1 saturated carbocycles. The van der Waals surface area contributed by atoms with Gasteiger partial charge in [-0.15, -0.1) is 11.8 Å². The number of rotatable bonds is 7. The van der Waals surface area contributed by atoms with Gasteiger partial charge < -0.3 is 4.74 Å². The molecule has 0 aliphatic heterocycles. The molecule has 1 fully saturated rings. The summed E-state index contributed by atoms with van der Waals surface area (Å²) >= 11 is 7.52. The van der Waals surface area contributed by atoms with Crippen molar-refractivity contribution in [2.75, 3.05) is 19.5 Å². The Bertz CT molecular complexity index is 469. The third kappa shape index (κ3) is 3.53. The number of halogens is 1. The predicted molar refractivity (Wildman–Crippen MR) is 80.6 cm³/mol. The molecule has 0 N–H and O–H groups in total. The largest absolute Gasteiger partial charge is 0.384 e. The smallest absolute Gasteiger partial charge is 0.252 e. The van der Waals surface area contributed by atoms with E-state index >= 15 is 0 Å². The van der Waals surface area contributed by atoms with Crippen LogP contribution in [0.4, 0.5) is 0 Å². The molecule has 0 atom stereocenters. The molecule has 0 radical (unpaired) electrons. The number of carbonyl (C=O) groups is 1. The normalized spacial score (nSPS) is 14.7. The molecular formula is C15H19ClO2S. The number of hydrogen-bond donors (Lipinski definition) is 0. The topological polar surface area (TPSA) is 26.3 Å². The molecule has 104 valence electrons. The highest BCUT2D eigenvalue weighted by molar-refractivity contribution is 7.99. The number of carbonyl (C=O) groups excluding carboxylic acids is 1. The Morgan fingerprint density at radius 3 is 2.74 bits per heavy atom. The lowest BCUT2D eigenvalue weighted by molar-refractivity contribution is 0.108. The van der Waals surface area contributed by atoms with Crippen molar-refractivity contribution < 1.29 is 9.53 Å². The van der Waals surface area contributed by atoms with E-state index < -0.39 is 0 Å². The molecule has 1 aromatic rings. The van der Waals surface area contributed by atoms with E-state index in [9.17, 15) is 4.79 Å². The molecule has 0 spiro atoms. The van der Waals surface area contributed by atoms with Crippen LogP contribution in [-0.4, -0.2) is 24.7 Å². The molecule has 4 heteroatoms. The average molecular weight is 299 g/mol. The third-order valence-electron chi connectivity index (χ3n) is 3.39. The second kappa shape index (κ2) is 6.78. The Balaban J connectivity index is 2.39. The summed E-state index contributed by atoms with van der Waals surface area (Å²) in [7, 11) is 1.71. The monoisotopic (exact) mass is 298 g/mol. The Kier molecular flexibility index (Phi) is 5.31. The van der Waals surface area contributed by atoms with Gasteiger partial charge in [-0.25, -0.2) is 0 Å². The van der Waals surface area contributed by atoms with E-state index in [-0.39, 0.29) is 5.24 Å².